The van der Waals surface area contributed by atoms with Gasteiger partial charge in [-0.2, -0.15) is 0 Å². The standard InChI is InChI=1S/C15H19FN2O.ClH/c16-13-4-2-1-3-12(13)14(19)18-9-6-15(7-10-18)5-8-17-11-15;/h1-4,17H,5-11H2;1H. The molecule has 0 unspecified atom stereocenters. The molecule has 2 fully saturated rings. The normalized spacial score (nSPS) is 20.8. The van der Waals surface area contributed by atoms with E-state index < -0.39 is 5.82 Å². The molecule has 5 heteroatoms. The van der Waals surface area contributed by atoms with E-state index in [4.69, 9.17) is 0 Å². The summed E-state index contributed by atoms with van der Waals surface area (Å²) in [7, 11) is 0. The van der Waals surface area contributed by atoms with Gasteiger partial charge < -0.3 is 10.2 Å². The molecule has 0 radical (unpaired) electrons. The lowest BCUT2D eigenvalue weighted by molar-refractivity contribution is 0.0603. The lowest BCUT2D eigenvalue weighted by atomic mass is 9.78. The number of hydrogen-bond acceptors (Lipinski definition) is 2. The maximum Gasteiger partial charge on any atom is 0.256 e. The van der Waals surface area contributed by atoms with Gasteiger partial charge in [-0.15, -0.1) is 12.4 Å². The first-order chi connectivity index (χ1) is 9.20. The Kier molecular flexibility index (Phi) is 4.66. The minimum Gasteiger partial charge on any atom is -0.339 e. The summed E-state index contributed by atoms with van der Waals surface area (Å²) in [6.07, 6.45) is 3.26. The van der Waals surface area contributed by atoms with Crippen molar-refractivity contribution >= 4 is 18.3 Å². The quantitative estimate of drug-likeness (QED) is 0.864. The van der Waals surface area contributed by atoms with Crippen molar-refractivity contribution in [1.82, 2.24) is 10.2 Å². The molecule has 1 aromatic rings. The Morgan fingerprint density at radius 3 is 2.50 bits per heavy atom. The van der Waals surface area contributed by atoms with Crippen LogP contribution in [0.4, 0.5) is 4.39 Å². The van der Waals surface area contributed by atoms with Gasteiger partial charge in [0.25, 0.3) is 5.91 Å². The highest BCUT2D eigenvalue weighted by molar-refractivity contribution is 5.94. The number of hydrogen-bond donors (Lipinski definition) is 1. The maximum atomic E-state index is 13.6. The molecule has 1 amide bonds. The van der Waals surface area contributed by atoms with Crippen molar-refractivity contribution in [3.8, 4) is 0 Å². The van der Waals surface area contributed by atoms with Crippen molar-refractivity contribution in [2.24, 2.45) is 5.41 Å². The van der Waals surface area contributed by atoms with E-state index in [-0.39, 0.29) is 23.9 Å². The van der Waals surface area contributed by atoms with Crippen LogP contribution in [0.2, 0.25) is 0 Å². The smallest absolute Gasteiger partial charge is 0.256 e. The maximum absolute atomic E-state index is 13.6. The highest BCUT2D eigenvalue weighted by Crippen LogP contribution is 2.37. The summed E-state index contributed by atoms with van der Waals surface area (Å²) in [5, 5.41) is 3.40. The van der Waals surface area contributed by atoms with E-state index in [0.717, 1.165) is 39.0 Å². The summed E-state index contributed by atoms with van der Waals surface area (Å²) in [5.41, 5.74) is 0.578. The topological polar surface area (TPSA) is 32.3 Å². The SMILES string of the molecule is Cl.O=C(c1ccccc1F)N1CCC2(CCNC2)CC1. The van der Waals surface area contributed by atoms with Crippen LogP contribution in [0.5, 0.6) is 0 Å². The van der Waals surface area contributed by atoms with E-state index in [1.54, 1.807) is 23.1 Å². The molecule has 1 aromatic carbocycles. The molecule has 0 saturated carbocycles. The van der Waals surface area contributed by atoms with Crippen molar-refractivity contribution in [3.63, 3.8) is 0 Å². The molecule has 2 heterocycles. The number of benzene rings is 1. The molecule has 2 aliphatic rings. The Labute approximate surface area is 124 Å². The first-order valence-corrected chi connectivity index (χ1v) is 6.95. The van der Waals surface area contributed by atoms with Gasteiger partial charge in [-0.3, -0.25) is 4.79 Å². The van der Waals surface area contributed by atoms with Gasteiger partial charge in [0.05, 0.1) is 5.56 Å². The van der Waals surface area contributed by atoms with Crippen molar-refractivity contribution in [1.29, 1.82) is 0 Å². The number of carbonyl (C=O) groups is 1. The van der Waals surface area contributed by atoms with Gasteiger partial charge in [0, 0.05) is 19.6 Å². The number of piperidine rings is 1. The van der Waals surface area contributed by atoms with Crippen LogP contribution in [-0.2, 0) is 0 Å². The van der Waals surface area contributed by atoms with Crippen molar-refractivity contribution in [2.45, 2.75) is 19.3 Å². The van der Waals surface area contributed by atoms with Crippen LogP contribution in [0.15, 0.2) is 24.3 Å². The molecular formula is C15H20ClFN2O. The van der Waals surface area contributed by atoms with Crippen LogP contribution >= 0.6 is 12.4 Å². The molecule has 0 bridgehead atoms. The van der Waals surface area contributed by atoms with Crippen LogP contribution in [0.25, 0.3) is 0 Å². The van der Waals surface area contributed by atoms with E-state index >= 15 is 0 Å². The lowest BCUT2D eigenvalue weighted by Crippen LogP contribution is -2.44. The van der Waals surface area contributed by atoms with Crippen LogP contribution in [-0.4, -0.2) is 37.0 Å². The van der Waals surface area contributed by atoms with Gasteiger partial charge in [0.1, 0.15) is 5.82 Å². The molecule has 2 saturated heterocycles. The number of carbonyl (C=O) groups excluding carboxylic acids is 1. The molecule has 1 spiro atoms. The zero-order valence-electron chi connectivity index (χ0n) is 11.4. The minimum absolute atomic E-state index is 0. The van der Waals surface area contributed by atoms with Crippen LogP contribution < -0.4 is 5.32 Å². The zero-order valence-corrected chi connectivity index (χ0v) is 12.2. The molecule has 20 heavy (non-hydrogen) atoms. The van der Waals surface area contributed by atoms with E-state index in [9.17, 15) is 9.18 Å². The first kappa shape index (κ1) is 15.3. The first-order valence-electron chi connectivity index (χ1n) is 6.95. The highest BCUT2D eigenvalue weighted by Gasteiger charge is 2.38. The number of halogens is 2. The van der Waals surface area contributed by atoms with E-state index in [0.29, 0.717) is 5.41 Å². The molecule has 3 nitrogen and oxygen atoms in total. The van der Waals surface area contributed by atoms with Crippen LogP contribution in [0.1, 0.15) is 29.6 Å². The summed E-state index contributed by atoms with van der Waals surface area (Å²) in [6, 6.07) is 6.24. The second kappa shape index (κ2) is 6.10. The van der Waals surface area contributed by atoms with Gasteiger partial charge in [0.2, 0.25) is 0 Å². The van der Waals surface area contributed by atoms with Crippen molar-refractivity contribution in [2.75, 3.05) is 26.2 Å². The molecule has 1 N–H and O–H groups in total. The summed E-state index contributed by atoms with van der Waals surface area (Å²) in [5.74, 6) is -0.589. The van der Waals surface area contributed by atoms with Gasteiger partial charge in [-0.05, 0) is 43.4 Å². The Hall–Kier alpha value is -1.13. The third-order valence-electron chi connectivity index (χ3n) is 4.55. The number of nitrogens with one attached hydrogen (secondary N) is 1. The average Bonchev–Trinajstić information content (AvgIpc) is 2.88. The summed E-state index contributed by atoms with van der Waals surface area (Å²) < 4.78 is 13.6. The number of amides is 1. The predicted molar refractivity (Wildman–Crippen MR) is 78.7 cm³/mol. The predicted octanol–water partition coefficient (Wildman–Crippen LogP) is 2.46. The Morgan fingerprint density at radius 2 is 1.90 bits per heavy atom. The molecule has 110 valence electrons. The monoisotopic (exact) mass is 298 g/mol. The zero-order chi connectivity index (χ0) is 13.3. The summed E-state index contributed by atoms with van der Waals surface area (Å²) >= 11 is 0. The molecule has 0 atom stereocenters. The summed E-state index contributed by atoms with van der Waals surface area (Å²) in [6.45, 7) is 3.64. The summed E-state index contributed by atoms with van der Waals surface area (Å²) in [4.78, 5) is 14.1. The van der Waals surface area contributed by atoms with Gasteiger partial charge in [-0.25, -0.2) is 4.39 Å². The third-order valence-corrected chi connectivity index (χ3v) is 4.55. The second-order valence-electron chi connectivity index (χ2n) is 5.70. The minimum atomic E-state index is -0.421. The Bertz CT molecular complexity index is 479. The molecule has 0 aromatic heterocycles. The van der Waals surface area contributed by atoms with Crippen LogP contribution in [0, 0.1) is 11.2 Å². The third kappa shape index (κ3) is 2.81. The fourth-order valence-corrected chi connectivity index (χ4v) is 3.21. The molecule has 3 rings (SSSR count). The number of likely N-dealkylation sites (tertiary alicyclic amines) is 1. The molecule has 0 aliphatic carbocycles. The number of nitrogens with zero attached hydrogens (tertiary/aromatic N) is 1. The largest absolute Gasteiger partial charge is 0.339 e. The molecule has 2 aliphatic heterocycles. The molecular weight excluding hydrogens is 279 g/mol. The Balaban J connectivity index is 0.00000147. The van der Waals surface area contributed by atoms with Gasteiger partial charge >= 0.3 is 0 Å². The Morgan fingerprint density at radius 1 is 1.20 bits per heavy atom. The number of rotatable bonds is 1. The lowest BCUT2D eigenvalue weighted by Gasteiger charge is -2.38. The highest BCUT2D eigenvalue weighted by atomic mass is 35.5. The fraction of sp³-hybridized carbons (Fsp3) is 0.533. The van der Waals surface area contributed by atoms with Crippen molar-refractivity contribution in [3.05, 3.63) is 35.6 Å². The van der Waals surface area contributed by atoms with Crippen molar-refractivity contribution < 1.29 is 9.18 Å². The second-order valence-corrected chi connectivity index (χ2v) is 5.70. The van der Waals surface area contributed by atoms with Gasteiger partial charge in [0.15, 0.2) is 0 Å². The fourth-order valence-electron chi connectivity index (χ4n) is 3.21. The van der Waals surface area contributed by atoms with E-state index in [2.05, 4.69) is 5.32 Å². The van der Waals surface area contributed by atoms with Gasteiger partial charge in [-0.1, -0.05) is 12.1 Å². The van der Waals surface area contributed by atoms with Crippen LogP contribution in [0.3, 0.4) is 0 Å². The van der Waals surface area contributed by atoms with E-state index in [1.807, 2.05) is 0 Å². The van der Waals surface area contributed by atoms with E-state index in [1.165, 1.54) is 12.5 Å². The average molecular weight is 299 g/mol.